The van der Waals surface area contributed by atoms with E-state index in [-0.39, 0.29) is 24.8 Å². The van der Waals surface area contributed by atoms with Crippen LogP contribution in [0.25, 0.3) is 11.2 Å². The third-order valence-electron chi connectivity index (χ3n) is 5.65. The second kappa shape index (κ2) is 9.36. The zero-order valence-electron chi connectivity index (χ0n) is 18.2. The summed E-state index contributed by atoms with van der Waals surface area (Å²) in [5, 5.41) is 21.1. The second-order valence-corrected chi connectivity index (χ2v) is 8.31. The third-order valence-corrected chi connectivity index (χ3v) is 5.65. The van der Waals surface area contributed by atoms with E-state index in [1.54, 1.807) is 0 Å². The average Bonchev–Trinajstić information content (AvgIpc) is 3.51. The lowest BCUT2D eigenvalue weighted by Crippen LogP contribution is -2.32. The molecule has 3 aromatic rings. The molecule has 5 rings (SSSR count). The fraction of sp³-hybridized carbons (Fsp3) is 0.391. The van der Waals surface area contributed by atoms with E-state index in [1.165, 1.54) is 10.9 Å². The summed E-state index contributed by atoms with van der Waals surface area (Å²) >= 11 is 0. The van der Waals surface area contributed by atoms with Gasteiger partial charge < -0.3 is 20.7 Å². The molecule has 4 atom stereocenters. The highest BCUT2D eigenvalue weighted by molar-refractivity contribution is 5.83. The van der Waals surface area contributed by atoms with Crippen LogP contribution in [0.1, 0.15) is 43.3 Å². The van der Waals surface area contributed by atoms with Crippen molar-refractivity contribution in [2.24, 2.45) is 5.73 Å². The SMILES string of the molecule is NC(=O)CC[C@@H]1O[C@@H](n2cnc3c(NOC4CC4)nc(C#Cc4ccccc4)nc32)[C@H](O)[C@@H]1O. The van der Waals surface area contributed by atoms with Crippen LogP contribution in [0.4, 0.5) is 5.82 Å². The van der Waals surface area contributed by atoms with Gasteiger partial charge >= 0.3 is 0 Å². The Bertz CT molecular complexity index is 1250. The number of aromatic nitrogens is 4. The van der Waals surface area contributed by atoms with E-state index < -0.39 is 30.4 Å². The number of fused-ring (bicyclic) bond motifs is 1. The number of primary amides is 1. The molecule has 176 valence electrons. The van der Waals surface area contributed by atoms with Crippen molar-refractivity contribution in [1.82, 2.24) is 19.5 Å². The van der Waals surface area contributed by atoms with Crippen LogP contribution in [0, 0.1) is 11.8 Å². The molecule has 5 N–H and O–H groups in total. The van der Waals surface area contributed by atoms with Gasteiger partial charge in [0.25, 0.3) is 0 Å². The number of nitrogens with one attached hydrogen (secondary N) is 1. The van der Waals surface area contributed by atoms with Crippen molar-refractivity contribution in [1.29, 1.82) is 0 Å². The Labute approximate surface area is 194 Å². The average molecular weight is 464 g/mol. The summed E-state index contributed by atoms with van der Waals surface area (Å²) in [6.07, 6.45) is -0.493. The molecule has 1 amide bonds. The molecule has 11 heteroatoms. The van der Waals surface area contributed by atoms with Gasteiger partial charge in [0, 0.05) is 12.0 Å². The number of hydrogen-bond acceptors (Lipinski definition) is 9. The van der Waals surface area contributed by atoms with Gasteiger partial charge in [-0.15, -0.1) is 0 Å². The Morgan fingerprint density at radius 1 is 1.21 bits per heavy atom. The lowest BCUT2D eigenvalue weighted by atomic mass is 10.1. The summed E-state index contributed by atoms with van der Waals surface area (Å²) in [5.41, 5.74) is 9.62. The molecule has 2 aliphatic rings. The minimum atomic E-state index is -1.26. The van der Waals surface area contributed by atoms with Gasteiger partial charge in [0.15, 0.2) is 23.2 Å². The van der Waals surface area contributed by atoms with Crippen LogP contribution in [0.5, 0.6) is 0 Å². The Morgan fingerprint density at radius 3 is 2.74 bits per heavy atom. The van der Waals surface area contributed by atoms with Crippen LogP contribution in [0.3, 0.4) is 0 Å². The molecular weight excluding hydrogens is 440 g/mol. The zero-order chi connectivity index (χ0) is 23.7. The number of anilines is 1. The van der Waals surface area contributed by atoms with Crippen molar-refractivity contribution in [3.8, 4) is 11.8 Å². The quantitative estimate of drug-likeness (QED) is 0.290. The smallest absolute Gasteiger partial charge is 0.217 e. The van der Waals surface area contributed by atoms with Crippen molar-refractivity contribution in [2.75, 3.05) is 5.48 Å². The summed E-state index contributed by atoms with van der Waals surface area (Å²) in [6, 6.07) is 9.43. The number of rotatable bonds is 7. The monoisotopic (exact) mass is 464 g/mol. The summed E-state index contributed by atoms with van der Waals surface area (Å²) in [5.74, 6) is 6.03. The maximum atomic E-state index is 11.1. The standard InChI is InChI=1S/C23H24N6O5/c24-16(30)10-9-15-19(31)20(32)23(33-15)29-12-25-18-21(28-34-14-7-8-14)26-17(27-22(18)29)11-6-13-4-2-1-3-5-13/h1-5,12,14-15,19-20,23,31-32H,7-10H2,(H2,24,30)(H,26,27,28)/t15-,19+,20+,23+/m0/s1. The molecule has 34 heavy (non-hydrogen) atoms. The number of ether oxygens (including phenoxy) is 1. The predicted octanol–water partition coefficient (Wildman–Crippen LogP) is 0.617. The Kier molecular flexibility index (Phi) is 6.12. The zero-order valence-corrected chi connectivity index (χ0v) is 18.2. The molecule has 0 unspecified atom stereocenters. The largest absolute Gasteiger partial charge is 0.388 e. The van der Waals surface area contributed by atoms with Gasteiger partial charge in [0.1, 0.15) is 12.2 Å². The van der Waals surface area contributed by atoms with Gasteiger partial charge in [-0.05, 0) is 37.3 Å². The molecule has 3 heterocycles. The van der Waals surface area contributed by atoms with Crippen molar-refractivity contribution < 1.29 is 24.6 Å². The van der Waals surface area contributed by atoms with Gasteiger partial charge in [-0.3, -0.25) is 14.2 Å². The van der Waals surface area contributed by atoms with Crippen molar-refractivity contribution in [2.45, 2.75) is 56.3 Å². The minimum Gasteiger partial charge on any atom is -0.388 e. The lowest BCUT2D eigenvalue weighted by molar-refractivity contribution is -0.119. The molecule has 0 bridgehead atoms. The van der Waals surface area contributed by atoms with Crippen molar-refractivity contribution >= 4 is 22.9 Å². The molecule has 1 aliphatic carbocycles. The van der Waals surface area contributed by atoms with Gasteiger partial charge in [0.2, 0.25) is 11.7 Å². The normalized spacial score (nSPS) is 24.1. The number of carbonyl (C=O) groups excluding carboxylic acids is 1. The van der Waals surface area contributed by atoms with Crippen LogP contribution in [0.15, 0.2) is 36.7 Å². The van der Waals surface area contributed by atoms with E-state index >= 15 is 0 Å². The van der Waals surface area contributed by atoms with E-state index in [0.29, 0.717) is 17.0 Å². The van der Waals surface area contributed by atoms with Crippen molar-refractivity contribution in [3.63, 3.8) is 0 Å². The number of imidazole rings is 1. The molecule has 11 nitrogen and oxygen atoms in total. The summed E-state index contributed by atoms with van der Waals surface area (Å²) in [6.45, 7) is 0. The predicted molar refractivity (Wildman–Crippen MR) is 120 cm³/mol. The number of nitrogens with zero attached hydrogens (tertiary/aromatic N) is 4. The molecule has 2 fully saturated rings. The van der Waals surface area contributed by atoms with Crippen LogP contribution in [-0.4, -0.2) is 60.1 Å². The number of benzene rings is 1. The molecule has 0 radical (unpaired) electrons. The van der Waals surface area contributed by atoms with Gasteiger partial charge in [-0.25, -0.2) is 15.4 Å². The number of nitrogens with two attached hydrogens (primary N) is 1. The Morgan fingerprint density at radius 2 is 2.00 bits per heavy atom. The maximum Gasteiger partial charge on any atom is 0.217 e. The summed E-state index contributed by atoms with van der Waals surface area (Å²) < 4.78 is 7.39. The minimum absolute atomic E-state index is 0.0276. The van der Waals surface area contributed by atoms with Crippen LogP contribution < -0.4 is 11.2 Å². The first-order valence-corrected chi connectivity index (χ1v) is 11.0. The van der Waals surface area contributed by atoms with E-state index in [2.05, 4.69) is 32.3 Å². The number of carbonyl (C=O) groups is 1. The number of aliphatic hydroxyl groups excluding tert-OH is 2. The summed E-state index contributed by atoms with van der Waals surface area (Å²) in [4.78, 5) is 30.1. The first-order chi connectivity index (χ1) is 16.5. The van der Waals surface area contributed by atoms with Crippen LogP contribution in [-0.2, 0) is 14.4 Å². The van der Waals surface area contributed by atoms with Gasteiger partial charge in [-0.1, -0.05) is 24.1 Å². The van der Waals surface area contributed by atoms with Gasteiger partial charge in [0.05, 0.1) is 18.5 Å². The molecular formula is C23H24N6O5. The molecule has 1 saturated heterocycles. The fourth-order valence-electron chi connectivity index (χ4n) is 3.69. The maximum absolute atomic E-state index is 11.1. The van der Waals surface area contributed by atoms with Gasteiger partial charge in [-0.2, -0.15) is 4.98 Å². The number of aliphatic hydroxyl groups is 2. The van der Waals surface area contributed by atoms with Crippen molar-refractivity contribution in [3.05, 3.63) is 48.0 Å². The van der Waals surface area contributed by atoms with Crippen LogP contribution in [0.2, 0.25) is 0 Å². The molecule has 0 spiro atoms. The van der Waals surface area contributed by atoms with E-state index in [1.807, 2.05) is 30.3 Å². The number of hydrogen-bond donors (Lipinski definition) is 4. The molecule has 1 aliphatic heterocycles. The highest BCUT2D eigenvalue weighted by Gasteiger charge is 2.44. The molecule has 1 saturated carbocycles. The highest BCUT2D eigenvalue weighted by atomic mass is 16.7. The highest BCUT2D eigenvalue weighted by Crippen LogP contribution is 2.34. The fourth-order valence-corrected chi connectivity index (χ4v) is 3.69. The second-order valence-electron chi connectivity index (χ2n) is 8.31. The first kappa shape index (κ1) is 22.2. The van der Waals surface area contributed by atoms with E-state index in [4.69, 9.17) is 15.3 Å². The first-order valence-electron chi connectivity index (χ1n) is 11.0. The topological polar surface area (TPSA) is 158 Å². The van der Waals surface area contributed by atoms with Crippen LogP contribution >= 0.6 is 0 Å². The molecule has 2 aromatic heterocycles. The number of amides is 1. The Hall–Kier alpha value is -3.56. The van der Waals surface area contributed by atoms with E-state index in [9.17, 15) is 15.0 Å². The Balaban J connectivity index is 1.49. The molecule has 1 aromatic carbocycles. The third kappa shape index (κ3) is 4.71. The summed E-state index contributed by atoms with van der Waals surface area (Å²) in [7, 11) is 0. The van der Waals surface area contributed by atoms with E-state index in [0.717, 1.165) is 18.4 Å². The lowest BCUT2D eigenvalue weighted by Gasteiger charge is -2.16.